The van der Waals surface area contributed by atoms with Gasteiger partial charge in [-0.05, 0) is 18.8 Å². The van der Waals surface area contributed by atoms with Crippen molar-refractivity contribution in [3.05, 3.63) is 17.0 Å². The van der Waals surface area contributed by atoms with Gasteiger partial charge in [0, 0.05) is 19.5 Å². The lowest BCUT2D eigenvalue weighted by Crippen LogP contribution is -2.36. The minimum absolute atomic E-state index is 0.184. The number of halogens is 1. The second-order valence-electron chi connectivity index (χ2n) is 4.73. The Labute approximate surface area is 116 Å². The van der Waals surface area contributed by atoms with Crippen LogP contribution in [0.1, 0.15) is 24.8 Å². The van der Waals surface area contributed by atoms with Gasteiger partial charge < -0.3 is 15.7 Å². The number of nitrogens with zero attached hydrogens (tertiary/aromatic N) is 3. The smallest absolute Gasteiger partial charge is 0.217 e. The summed E-state index contributed by atoms with van der Waals surface area (Å²) in [5, 5.41) is 9.63. The molecular formula is C12H17ClN4O2. The van der Waals surface area contributed by atoms with Gasteiger partial charge in [0.2, 0.25) is 5.91 Å². The molecule has 0 unspecified atom stereocenters. The molecule has 1 amide bonds. The van der Waals surface area contributed by atoms with Crippen molar-refractivity contribution in [3.63, 3.8) is 0 Å². The maximum Gasteiger partial charge on any atom is 0.217 e. The third-order valence-electron chi connectivity index (χ3n) is 3.43. The number of carbonyl (C=O) groups is 1. The summed E-state index contributed by atoms with van der Waals surface area (Å²) < 4.78 is 0. The van der Waals surface area contributed by atoms with Crippen molar-refractivity contribution in [3.8, 4) is 0 Å². The summed E-state index contributed by atoms with van der Waals surface area (Å²) in [5.74, 6) is 0.767. The van der Waals surface area contributed by atoms with Crippen LogP contribution in [0.25, 0.3) is 0 Å². The summed E-state index contributed by atoms with van der Waals surface area (Å²) in [7, 11) is 0. The fourth-order valence-electron chi connectivity index (χ4n) is 2.42. The van der Waals surface area contributed by atoms with E-state index >= 15 is 0 Å². The summed E-state index contributed by atoms with van der Waals surface area (Å²) in [6.45, 7) is 1.37. The van der Waals surface area contributed by atoms with Gasteiger partial charge in [0.25, 0.3) is 0 Å². The quantitative estimate of drug-likeness (QED) is 0.795. The maximum atomic E-state index is 10.9. The Kier molecular flexibility index (Phi) is 4.55. The van der Waals surface area contributed by atoms with Gasteiger partial charge in [0.15, 0.2) is 0 Å². The first-order valence-electron chi connectivity index (χ1n) is 6.25. The molecule has 0 bridgehead atoms. The summed E-state index contributed by atoms with van der Waals surface area (Å²) in [6, 6.07) is 0. The van der Waals surface area contributed by atoms with E-state index < -0.39 is 0 Å². The molecule has 1 saturated heterocycles. The highest BCUT2D eigenvalue weighted by Gasteiger charge is 2.23. The van der Waals surface area contributed by atoms with Crippen LogP contribution in [0.5, 0.6) is 0 Å². The van der Waals surface area contributed by atoms with E-state index in [1.165, 1.54) is 6.33 Å². The normalized spacial score (nSPS) is 16.6. The number of aliphatic hydroxyl groups is 1. The van der Waals surface area contributed by atoms with Gasteiger partial charge in [-0.15, -0.1) is 0 Å². The van der Waals surface area contributed by atoms with Crippen LogP contribution in [0, 0.1) is 5.92 Å². The van der Waals surface area contributed by atoms with Crippen molar-refractivity contribution in [2.45, 2.75) is 25.9 Å². The number of hydrogen-bond acceptors (Lipinski definition) is 5. The predicted molar refractivity (Wildman–Crippen MR) is 71.7 cm³/mol. The minimum atomic E-state index is -0.250. The van der Waals surface area contributed by atoms with Gasteiger partial charge in [-0.2, -0.15) is 0 Å². The first-order valence-corrected chi connectivity index (χ1v) is 6.63. The van der Waals surface area contributed by atoms with Crippen molar-refractivity contribution >= 4 is 23.3 Å². The van der Waals surface area contributed by atoms with Crippen molar-refractivity contribution in [1.29, 1.82) is 0 Å². The van der Waals surface area contributed by atoms with Crippen molar-refractivity contribution in [2.24, 2.45) is 11.7 Å². The Hall–Kier alpha value is -1.40. The fraction of sp³-hybridized carbons (Fsp3) is 0.583. The third-order valence-corrected chi connectivity index (χ3v) is 3.76. The molecule has 0 atom stereocenters. The zero-order valence-corrected chi connectivity index (χ0v) is 11.3. The number of carbonyl (C=O) groups excluding carboxylic acids is 1. The molecule has 104 valence electrons. The standard InChI is InChI=1S/C12H17ClN4O2/c13-11-9(6-18)12(16-7-15-11)17-3-1-8(2-4-17)5-10(14)19/h7-8,18H,1-6H2,(H2,14,19). The van der Waals surface area contributed by atoms with E-state index in [-0.39, 0.29) is 17.7 Å². The van der Waals surface area contributed by atoms with Crippen LogP contribution in [0.3, 0.4) is 0 Å². The molecule has 1 aliphatic heterocycles. The number of nitrogens with two attached hydrogens (primary N) is 1. The monoisotopic (exact) mass is 284 g/mol. The summed E-state index contributed by atoms with van der Waals surface area (Å²) in [4.78, 5) is 21.0. The average Bonchev–Trinajstić information content (AvgIpc) is 2.38. The highest BCUT2D eigenvalue weighted by Crippen LogP contribution is 2.28. The minimum Gasteiger partial charge on any atom is -0.391 e. The number of aromatic nitrogens is 2. The lowest BCUT2D eigenvalue weighted by atomic mass is 9.93. The van der Waals surface area contributed by atoms with E-state index in [1.54, 1.807) is 0 Å². The highest BCUT2D eigenvalue weighted by molar-refractivity contribution is 6.30. The third kappa shape index (κ3) is 3.33. The molecule has 0 radical (unpaired) electrons. The van der Waals surface area contributed by atoms with Gasteiger partial charge >= 0.3 is 0 Å². The van der Waals surface area contributed by atoms with E-state index in [2.05, 4.69) is 14.9 Å². The van der Waals surface area contributed by atoms with Crippen LogP contribution >= 0.6 is 11.6 Å². The molecule has 0 aromatic carbocycles. The molecule has 1 aromatic heterocycles. The highest BCUT2D eigenvalue weighted by atomic mass is 35.5. The Morgan fingerprint density at radius 3 is 2.74 bits per heavy atom. The Morgan fingerprint density at radius 1 is 1.47 bits per heavy atom. The molecule has 19 heavy (non-hydrogen) atoms. The number of amides is 1. The number of anilines is 1. The van der Waals surface area contributed by atoms with Crippen LogP contribution in [0.2, 0.25) is 5.15 Å². The summed E-state index contributed by atoms with van der Waals surface area (Å²) in [6.07, 6.45) is 3.60. The van der Waals surface area contributed by atoms with E-state index in [4.69, 9.17) is 17.3 Å². The molecule has 6 nitrogen and oxygen atoms in total. The molecule has 3 N–H and O–H groups in total. The molecule has 0 spiro atoms. The Morgan fingerprint density at radius 2 is 2.16 bits per heavy atom. The average molecular weight is 285 g/mol. The molecular weight excluding hydrogens is 268 g/mol. The van der Waals surface area contributed by atoms with Gasteiger partial charge in [0.05, 0.1) is 12.2 Å². The molecule has 1 aliphatic rings. The van der Waals surface area contributed by atoms with Gasteiger partial charge in [-0.25, -0.2) is 9.97 Å². The zero-order valence-electron chi connectivity index (χ0n) is 10.5. The first kappa shape index (κ1) is 14.0. The number of piperidine rings is 1. The van der Waals surface area contributed by atoms with E-state index in [0.29, 0.717) is 23.7 Å². The zero-order chi connectivity index (χ0) is 13.8. The van der Waals surface area contributed by atoms with E-state index in [1.807, 2.05) is 0 Å². The van der Waals surface area contributed by atoms with Crippen LogP contribution < -0.4 is 10.6 Å². The lowest BCUT2D eigenvalue weighted by Gasteiger charge is -2.33. The van der Waals surface area contributed by atoms with Crippen molar-refractivity contribution < 1.29 is 9.90 Å². The predicted octanol–water partition coefficient (Wildman–Crippen LogP) is 0.714. The summed E-state index contributed by atoms with van der Waals surface area (Å²) in [5.41, 5.74) is 5.76. The number of primary amides is 1. The molecule has 1 aromatic rings. The molecule has 0 saturated carbocycles. The van der Waals surface area contributed by atoms with Gasteiger partial charge in [-0.3, -0.25) is 4.79 Å². The SMILES string of the molecule is NC(=O)CC1CCN(c2ncnc(Cl)c2CO)CC1. The number of aliphatic hydroxyl groups excluding tert-OH is 1. The Bertz CT molecular complexity index is 461. The van der Waals surface area contributed by atoms with Crippen LogP contribution in [-0.4, -0.2) is 34.1 Å². The van der Waals surface area contributed by atoms with E-state index in [0.717, 1.165) is 25.9 Å². The topological polar surface area (TPSA) is 92.3 Å². The van der Waals surface area contributed by atoms with Crippen LogP contribution in [0.15, 0.2) is 6.33 Å². The summed E-state index contributed by atoms with van der Waals surface area (Å²) >= 11 is 5.95. The Balaban J connectivity index is 2.05. The molecule has 0 aliphatic carbocycles. The van der Waals surface area contributed by atoms with Crippen molar-refractivity contribution in [2.75, 3.05) is 18.0 Å². The number of hydrogen-bond donors (Lipinski definition) is 2. The van der Waals surface area contributed by atoms with Gasteiger partial charge in [0.1, 0.15) is 17.3 Å². The maximum absolute atomic E-state index is 10.9. The van der Waals surface area contributed by atoms with Crippen molar-refractivity contribution in [1.82, 2.24) is 9.97 Å². The molecule has 1 fully saturated rings. The molecule has 2 heterocycles. The second kappa shape index (κ2) is 6.16. The largest absolute Gasteiger partial charge is 0.391 e. The second-order valence-corrected chi connectivity index (χ2v) is 5.08. The first-order chi connectivity index (χ1) is 9.11. The number of rotatable bonds is 4. The lowest BCUT2D eigenvalue weighted by molar-refractivity contribution is -0.119. The van der Waals surface area contributed by atoms with E-state index in [9.17, 15) is 9.90 Å². The van der Waals surface area contributed by atoms with Crippen LogP contribution in [-0.2, 0) is 11.4 Å². The van der Waals surface area contributed by atoms with Gasteiger partial charge in [-0.1, -0.05) is 11.6 Å². The molecule has 7 heteroatoms. The fourth-order valence-corrected chi connectivity index (χ4v) is 2.61. The molecule has 2 rings (SSSR count). The van der Waals surface area contributed by atoms with Crippen LogP contribution in [0.4, 0.5) is 5.82 Å².